The van der Waals surface area contributed by atoms with Gasteiger partial charge in [0, 0.05) is 29.9 Å². The molecule has 0 radical (unpaired) electrons. The molecule has 2 heterocycles. The number of benzene rings is 2. The quantitative estimate of drug-likeness (QED) is 0.443. The van der Waals surface area contributed by atoms with E-state index in [1.807, 2.05) is 49.4 Å². The highest BCUT2D eigenvalue weighted by Crippen LogP contribution is 2.12. The van der Waals surface area contributed by atoms with E-state index in [0.29, 0.717) is 17.1 Å². The Kier molecular flexibility index (Phi) is 6.98. The summed E-state index contributed by atoms with van der Waals surface area (Å²) in [6, 6.07) is 19.5. The minimum atomic E-state index is -0.764. The monoisotopic (exact) mass is 475 g/mol. The second-order valence-electron chi connectivity index (χ2n) is 7.73. The summed E-state index contributed by atoms with van der Waals surface area (Å²) in [4.78, 5) is 43.6. The molecular weight excluding hydrogens is 454 g/mol. The predicted octanol–water partition coefficient (Wildman–Crippen LogP) is 2.77. The fraction of sp³-hybridized carbons (Fsp3) is 0.160. The number of aryl methyl sites for hydroxylation is 1. The average molecular weight is 476 g/mol. The van der Waals surface area contributed by atoms with Crippen LogP contribution in [0.15, 0.2) is 82.5 Å². The van der Waals surface area contributed by atoms with Crippen LogP contribution >= 0.6 is 11.6 Å². The minimum Gasteiger partial charge on any atom is -0.350 e. The Bertz CT molecular complexity index is 1450. The van der Waals surface area contributed by atoms with E-state index in [2.05, 4.69) is 15.4 Å². The first kappa shape index (κ1) is 23.1. The summed E-state index contributed by atoms with van der Waals surface area (Å²) in [5.74, 6) is -0.672. The van der Waals surface area contributed by atoms with Crippen LogP contribution in [0.1, 0.15) is 27.3 Å². The molecule has 0 spiro atoms. The lowest BCUT2D eigenvalue weighted by molar-refractivity contribution is 0.0944. The van der Waals surface area contributed by atoms with Gasteiger partial charge in [0.05, 0.1) is 12.2 Å². The molecule has 34 heavy (non-hydrogen) atoms. The summed E-state index contributed by atoms with van der Waals surface area (Å²) in [7, 11) is 0. The highest BCUT2D eigenvalue weighted by molar-refractivity contribution is 6.30. The molecule has 0 atom stereocenters. The Balaban J connectivity index is 1.72. The van der Waals surface area contributed by atoms with Gasteiger partial charge in [0.15, 0.2) is 0 Å². The molecule has 4 aromatic rings. The van der Waals surface area contributed by atoms with E-state index in [1.54, 1.807) is 30.5 Å². The van der Waals surface area contributed by atoms with Crippen molar-refractivity contribution in [3.8, 4) is 5.69 Å². The van der Waals surface area contributed by atoms with Gasteiger partial charge in [-0.1, -0.05) is 53.6 Å². The largest absolute Gasteiger partial charge is 0.352 e. The van der Waals surface area contributed by atoms with Gasteiger partial charge in [0.1, 0.15) is 0 Å². The fourth-order valence-corrected chi connectivity index (χ4v) is 3.68. The molecule has 0 aliphatic heterocycles. The Morgan fingerprint density at radius 3 is 2.59 bits per heavy atom. The molecule has 8 nitrogen and oxygen atoms in total. The van der Waals surface area contributed by atoms with Crippen LogP contribution in [0.2, 0.25) is 5.02 Å². The molecule has 0 aliphatic carbocycles. The first-order valence-corrected chi connectivity index (χ1v) is 11.0. The first-order valence-electron chi connectivity index (χ1n) is 10.7. The molecule has 1 amide bonds. The third-order valence-corrected chi connectivity index (χ3v) is 5.38. The van der Waals surface area contributed by atoms with Crippen molar-refractivity contribution >= 4 is 17.5 Å². The van der Waals surface area contributed by atoms with E-state index in [9.17, 15) is 14.4 Å². The molecular formula is C25H22ClN5O3. The Morgan fingerprint density at radius 1 is 1.03 bits per heavy atom. The normalized spacial score (nSPS) is 10.8. The molecule has 2 aromatic carbocycles. The molecule has 0 bridgehead atoms. The molecule has 0 aliphatic rings. The number of rotatable bonds is 7. The fourth-order valence-electron chi connectivity index (χ4n) is 3.50. The highest BCUT2D eigenvalue weighted by Gasteiger charge is 2.20. The molecule has 2 aromatic heterocycles. The van der Waals surface area contributed by atoms with Crippen LogP contribution in [0.3, 0.4) is 0 Å². The Morgan fingerprint density at radius 2 is 1.85 bits per heavy atom. The maximum Gasteiger partial charge on any atom is 0.352 e. The van der Waals surface area contributed by atoms with Crippen molar-refractivity contribution in [2.45, 2.75) is 19.9 Å². The number of hydrogen-bond donors (Lipinski definition) is 1. The summed E-state index contributed by atoms with van der Waals surface area (Å²) in [5, 5.41) is 7.21. The second-order valence-corrected chi connectivity index (χ2v) is 8.17. The lowest BCUT2D eigenvalue weighted by Gasteiger charge is -2.13. The predicted molar refractivity (Wildman–Crippen MR) is 130 cm³/mol. The van der Waals surface area contributed by atoms with E-state index in [-0.39, 0.29) is 18.8 Å². The van der Waals surface area contributed by atoms with Gasteiger partial charge in [-0.2, -0.15) is 9.78 Å². The topological polar surface area (TPSA) is 98.9 Å². The standard InChI is InChI=1S/C25H22ClN5O3/c1-17-6-4-7-18(14-17)16-30-24(33)22(23(32)28-13-11-20-9-2-3-12-27-20)29-31(25(30)34)21-10-5-8-19(26)15-21/h2-10,12,14-15H,11,13,16H2,1H3,(H,28,32). The zero-order valence-electron chi connectivity index (χ0n) is 18.4. The van der Waals surface area contributed by atoms with E-state index in [0.717, 1.165) is 26.1 Å². The van der Waals surface area contributed by atoms with Crippen LogP contribution in [-0.4, -0.2) is 31.8 Å². The zero-order chi connectivity index (χ0) is 24.1. The van der Waals surface area contributed by atoms with E-state index < -0.39 is 17.2 Å². The third-order valence-electron chi connectivity index (χ3n) is 5.14. The number of aromatic nitrogens is 4. The molecule has 9 heteroatoms. The van der Waals surface area contributed by atoms with Crippen molar-refractivity contribution in [2.24, 2.45) is 0 Å². The van der Waals surface area contributed by atoms with Gasteiger partial charge < -0.3 is 5.32 Å². The van der Waals surface area contributed by atoms with Crippen LogP contribution in [-0.2, 0) is 13.0 Å². The summed E-state index contributed by atoms with van der Waals surface area (Å²) < 4.78 is 2.03. The molecule has 1 N–H and O–H groups in total. The van der Waals surface area contributed by atoms with Crippen molar-refractivity contribution < 1.29 is 4.79 Å². The Labute approximate surface area is 200 Å². The van der Waals surface area contributed by atoms with E-state index in [4.69, 9.17) is 11.6 Å². The molecule has 172 valence electrons. The number of halogens is 1. The number of amides is 1. The number of hydrogen-bond acceptors (Lipinski definition) is 5. The van der Waals surface area contributed by atoms with E-state index in [1.165, 1.54) is 0 Å². The van der Waals surface area contributed by atoms with Crippen LogP contribution in [0.5, 0.6) is 0 Å². The number of nitrogens with zero attached hydrogens (tertiary/aromatic N) is 4. The van der Waals surface area contributed by atoms with Gasteiger partial charge in [0.25, 0.3) is 11.5 Å². The molecule has 0 fully saturated rings. The lowest BCUT2D eigenvalue weighted by Crippen LogP contribution is -2.46. The lowest BCUT2D eigenvalue weighted by atomic mass is 10.1. The van der Waals surface area contributed by atoms with Crippen molar-refractivity contribution in [3.05, 3.63) is 121 Å². The number of pyridine rings is 1. The Hall–Kier alpha value is -4.04. The molecule has 4 rings (SSSR count). The molecule has 0 saturated heterocycles. The smallest absolute Gasteiger partial charge is 0.350 e. The molecule has 0 saturated carbocycles. The number of nitrogens with one attached hydrogen (secondary N) is 1. The summed E-state index contributed by atoms with van der Waals surface area (Å²) in [6.45, 7) is 2.17. The van der Waals surface area contributed by atoms with Gasteiger partial charge in [0.2, 0.25) is 5.69 Å². The SMILES string of the molecule is Cc1cccc(Cn2c(=O)c(C(=O)NCCc3ccccn3)nn(-c3cccc(Cl)c3)c2=O)c1. The summed E-state index contributed by atoms with van der Waals surface area (Å²) >= 11 is 6.10. The van der Waals surface area contributed by atoms with Gasteiger partial charge in [-0.3, -0.25) is 19.1 Å². The van der Waals surface area contributed by atoms with Gasteiger partial charge in [-0.15, -0.1) is 0 Å². The summed E-state index contributed by atoms with van der Waals surface area (Å²) in [5.41, 5.74) is 1.08. The molecule has 0 unspecified atom stereocenters. The number of carbonyl (C=O) groups excluding carboxylic acids is 1. The maximum absolute atomic E-state index is 13.2. The van der Waals surface area contributed by atoms with Crippen LogP contribution < -0.4 is 16.6 Å². The van der Waals surface area contributed by atoms with Gasteiger partial charge in [-0.25, -0.2) is 4.79 Å². The van der Waals surface area contributed by atoms with Gasteiger partial charge >= 0.3 is 5.69 Å². The minimum absolute atomic E-state index is 0.00333. The zero-order valence-corrected chi connectivity index (χ0v) is 19.2. The van der Waals surface area contributed by atoms with Crippen molar-refractivity contribution in [2.75, 3.05) is 6.54 Å². The van der Waals surface area contributed by atoms with Crippen LogP contribution in [0.4, 0.5) is 0 Å². The first-order chi connectivity index (χ1) is 16.4. The van der Waals surface area contributed by atoms with Crippen LogP contribution in [0, 0.1) is 6.92 Å². The van der Waals surface area contributed by atoms with Crippen molar-refractivity contribution in [1.29, 1.82) is 0 Å². The average Bonchev–Trinajstić information content (AvgIpc) is 2.82. The highest BCUT2D eigenvalue weighted by atomic mass is 35.5. The van der Waals surface area contributed by atoms with Gasteiger partial charge in [-0.05, 0) is 42.8 Å². The van der Waals surface area contributed by atoms with Crippen molar-refractivity contribution in [1.82, 2.24) is 24.6 Å². The van der Waals surface area contributed by atoms with Crippen molar-refractivity contribution in [3.63, 3.8) is 0 Å². The number of carbonyl (C=O) groups is 1. The van der Waals surface area contributed by atoms with E-state index >= 15 is 0 Å². The second kappa shape index (κ2) is 10.3. The maximum atomic E-state index is 13.2. The summed E-state index contributed by atoms with van der Waals surface area (Å²) in [6.07, 6.45) is 2.15. The van der Waals surface area contributed by atoms with Crippen LogP contribution in [0.25, 0.3) is 5.69 Å². The third kappa shape index (κ3) is 5.29.